The van der Waals surface area contributed by atoms with Crippen molar-refractivity contribution in [3.63, 3.8) is 0 Å². The van der Waals surface area contributed by atoms with Crippen molar-refractivity contribution in [1.82, 2.24) is 0 Å². The van der Waals surface area contributed by atoms with E-state index in [9.17, 15) is 55.9 Å². The van der Waals surface area contributed by atoms with E-state index in [-0.39, 0.29) is 6.61 Å². The Balaban J connectivity index is 2.33. The number of carboxylic acid groups (broad SMARTS) is 1. The number of hydrogen-bond acceptors (Lipinski definition) is 17. The van der Waals surface area contributed by atoms with Crippen molar-refractivity contribution in [2.45, 2.75) is 106 Å². The highest BCUT2D eigenvalue weighted by molar-refractivity contribution is 5.76. The van der Waals surface area contributed by atoms with Crippen LogP contribution in [0, 0.1) is 5.92 Å². The van der Waals surface area contributed by atoms with Gasteiger partial charge in [-0.05, 0) is 6.92 Å². The summed E-state index contributed by atoms with van der Waals surface area (Å²) in [7, 11) is 1.32. The van der Waals surface area contributed by atoms with E-state index in [1.165, 1.54) is 14.0 Å². The molecule has 18 nitrogen and oxygen atoms in total. The van der Waals surface area contributed by atoms with Crippen LogP contribution >= 0.6 is 0 Å². The summed E-state index contributed by atoms with van der Waals surface area (Å²) in [4.78, 5) is 12.4. The number of ether oxygens (including phenoxy) is 6. The summed E-state index contributed by atoms with van der Waals surface area (Å²) < 4.78 is 33.1. The quantitative estimate of drug-likeness (QED) is 0.0717. The molecule has 0 aromatic heterocycles. The van der Waals surface area contributed by atoms with E-state index >= 15 is 0 Å². The van der Waals surface area contributed by atoms with Gasteiger partial charge in [-0.3, -0.25) is 0 Å². The van der Waals surface area contributed by atoms with Crippen LogP contribution in [0.4, 0.5) is 0 Å². The van der Waals surface area contributed by atoms with Gasteiger partial charge < -0.3 is 85.2 Å². The zero-order chi connectivity index (χ0) is 31.9. The topological polar surface area (TPSA) is 301 Å². The molecule has 2 fully saturated rings. The van der Waals surface area contributed by atoms with Crippen molar-refractivity contribution in [2.75, 3.05) is 33.5 Å². The molecule has 15 atom stereocenters. The van der Waals surface area contributed by atoms with Crippen molar-refractivity contribution in [3.8, 4) is 0 Å². The van der Waals surface area contributed by atoms with Crippen molar-refractivity contribution in [3.05, 3.63) is 0 Å². The van der Waals surface area contributed by atoms with E-state index in [0.29, 0.717) is 0 Å². The molecule has 2 heterocycles. The Morgan fingerprint density at radius 2 is 1.69 bits per heavy atom. The lowest BCUT2D eigenvalue weighted by molar-refractivity contribution is -0.374. The molecule has 0 aromatic carbocycles. The molecular formula is C24H45NO17. The molecule has 12 N–H and O–H groups in total. The number of carboxylic acids is 1. The Hall–Kier alpha value is -1.17. The number of carbonyl (C=O) groups is 1. The molecule has 0 radical (unpaired) electrons. The van der Waals surface area contributed by atoms with Crippen LogP contribution in [0.2, 0.25) is 0 Å². The van der Waals surface area contributed by atoms with E-state index < -0.39 is 124 Å². The fraction of sp³-hybridized carbons (Fsp3) is 0.958. The average molecular weight is 620 g/mol. The van der Waals surface area contributed by atoms with Crippen LogP contribution in [0.3, 0.4) is 0 Å². The van der Waals surface area contributed by atoms with Gasteiger partial charge in [0.1, 0.15) is 48.8 Å². The molecule has 2 aliphatic heterocycles. The van der Waals surface area contributed by atoms with Crippen molar-refractivity contribution < 1.29 is 84.3 Å². The second-order valence-corrected chi connectivity index (χ2v) is 10.5. The summed E-state index contributed by atoms with van der Waals surface area (Å²) in [5, 5.41) is 101. The molecule has 0 saturated carbocycles. The van der Waals surface area contributed by atoms with Gasteiger partial charge in [-0.2, -0.15) is 0 Å². The average Bonchev–Trinajstić information content (AvgIpc) is 2.97. The number of aliphatic carboxylic acids is 1. The fourth-order valence-corrected chi connectivity index (χ4v) is 4.67. The largest absolute Gasteiger partial charge is 0.477 e. The van der Waals surface area contributed by atoms with Crippen LogP contribution in [-0.4, -0.2) is 176 Å². The molecule has 0 amide bonds. The molecule has 2 saturated heterocycles. The van der Waals surface area contributed by atoms with Gasteiger partial charge >= 0.3 is 5.97 Å². The predicted octanol–water partition coefficient (Wildman–Crippen LogP) is -5.83. The molecule has 18 heteroatoms. The standard InChI is InChI=1S/C24H45NO17/c1-9(5-26)21(37-3)39-13(7-28)10(2)38-22-18(34)20(17(33)14(8-29)40-22)42-24(23(35)36)4-11(30)15(25)19(41-24)16(32)12(31)6-27/h9-22,26-34H,4-8,25H2,1-3H3,(H,35,36)/t9-,10-,11+,12+,13?,14?,15+,16+,17-,18?,19?,20?,21+,22+,24-/m0/s1. The van der Waals surface area contributed by atoms with Crippen molar-refractivity contribution >= 4 is 5.97 Å². The van der Waals surface area contributed by atoms with Crippen LogP contribution in [0.1, 0.15) is 20.3 Å². The number of aliphatic hydroxyl groups excluding tert-OH is 9. The molecule has 248 valence electrons. The molecule has 2 rings (SSSR count). The number of rotatable bonds is 16. The minimum atomic E-state index is -2.86. The maximum Gasteiger partial charge on any atom is 0.364 e. The highest BCUT2D eigenvalue weighted by Gasteiger charge is 2.58. The van der Waals surface area contributed by atoms with Gasteiger partial charge in [-0.15, -0.1) is 0 Å². The number of hydrogen-bond donors (Lipinski definition) is 11. The monoisotopic (exact) mass is 619 g/mol. The first-order valence-corrected chi connectivity index (χ1v) is 13.4. The summed E-state index contributed by atoms with van der Waals surface area (Å²) in [5.74, 6) is -5.22. The first-order chi connectivity index (χ1) is 19.7. The molecule has 0 bridgehead atoms. The maximum atomic E-state index is 12.4. The van der Waals surface area contributed by atoms with Crippen LogP contribution in [0.5, 0.6) is 0 Å². The third-order valence-corrected chi connectivity index (χ3v) is 7.37. The summed E-state index contributed by atoms with van der Waals surface area (Å²) in [6.45, 7) is 0.350. The van der Waals surface area contributed by atoms with Gasteiger partial charge in [0.25, 0.3) is 5.79 Å². The lowest BCUT2D eigenvalue weighted by Crippen LogP contribution is -2.69. The Morgan fingerprint density at radius 1 is 1.05 bits per heavy atom. The second kappa shape index (κ2) is 16.2. The van der Waals surface area contributed by atoms with E-state index in [2.05, 4.69) is 0 Å². The first kappa shape index (κ1) is 37.0. The Labute approximate surface area is 241 Å². The lowest BCUT2D eigenvalue weighted by atomic mass is 9.88. The zero-order valence-corrected chi connectivity index (χ0v) is 23.5. The maximum absolute atomic E-state index is 12.4. The van der Waals surface area contributed by atoms with Gasteiger partial charge in [0.05, 0.1) is 44.7 Å². The van der Waals surface area contributed by atoms with E-state index in [1.807, 2.05) is 0 Å². The van der Waals surface area contributed by atoms with E-state index in [1.54, 1.807) is 6.92 Å². The summed E-state index contributed by atoms with van der Waals surface area (Å²) >= 11 is 0. The summed E-state index contributed by atoms with van der Waals surface area (Å²) in [6, 6.07) is -1.44. The smallest absolute Gasteiger partial charge is 0.364 e. The molecule has 0 aliphatic carbocycles. The highest BCUT2D eigenvalue weighted by atomic mass is 16.8. The van der Waals surface area contributed by atoms with Gasteiger partial charge in [-0.1, -0.05) is 6.92 Å². The molecule has 2 aliphatic rings. The Kier molecular flexibility index (Phi) is 14.3. The molecule has 42 heavy (non-hydrogen) atoms. The number of aliphatic hydroxyl groups is 9. The fourth-order valence-electron chi connectivity index (χ4n) is 4.67. The number of nitrogens with two attached hydrogens (primary N) is 1. The lowest BCUT2D eigenvalue weighted by Gasteiger charge is -2.49. The molecule has 0 aromatic rings. The van der Waals surface area contributed by atoms with Gasteiger partial charge in [0.2, 0.25) is 0 Å². The SMILES string of the molecule is CO[C@H](OC(CO)[C@H](C)O[C@@H]1OC(CO)[C@H](O)C(O[C@]2(C(=O)O)C[C@@H](O)[C@@H](N)C([C@H](O)[C@H](O)CO)O2)C1O)[C@@H](C)CO. The third kappa shape index (κ3) is 8.30. The van der Waals surface area contributed by atoms with Crippen molar-refractivity contribution in [1.29, 1.82) is 0 Å². The Morgan fingerprint density at radius 3 is 2.19 bits per heavy atom. The van der Waals surface area contributed by atoms with Gasteiger partial charge in [0.15, 0.2) is 12.6 Å². The van der Waals surface area contributed by atoms with Crippen LogP contribution < -0.4 is 5.73 Å². The zero-order valence-electron chi connectivity index (χ0n) is 23.5. The van der Waals surface area contributed by atoms with Gasteiger partial charge in [-0.25, -0.2) is 4.79 Å². The van der Waals surface area contributed by atoms with Crippen LogP contribution in [0.25, 0.3) is 0 Å². The summed E-state index contributed by atoms with van der Waals surface area (Å²) in [6.07, 6.45) is -20.3. The van der Waals surface area contributed by atoms with Crippen molar-refractivity contribution in [2.24, 2.45) is 11.7 Å². The highest BCUT2D eigenvalue weighted by Crippen LogP contribution is 2.37. The minimum Gasteiger partial charge on any atom is -0.477 e. The van der Waals surface area contributed by atoms with E-state index in [0.717, 1.165) is 0 Å². The summed E-state index contributed by atoms with van der Waals surface area (Å²) in [5.41, 5.74) is 5.86. The van der Waals surface area contributed by atoms with Crippen LogP contribution in [0.15, 0.2) is 0 Å². The molecular weight excluding hydrogens is 574 g/mol. The molecule has 5 unspecified atom stereocenters. The third-order valence-electron chi connectivity index (χ3n) is 7.37. The van der Waals surface area contributed by atoms with Gasteiger partial charge in [0, 0.05) is 19.4 Å². The predicted molar refractivity (Wildman–Crippen MR) is 135 cm³/mol. The van der Waals surface area contributed by atoms with Crippen LogP contribution in [-0.2, 0) is 33.2 Å². The minimum absolute atomic E-state index is 0.296. The molecule has 0 spiro atoms. The first-order valence-electron chi connectivity index (χ1n) is 13.4. The second-order valence-electron chi connectivity index (χ2n) is 10.5. The Bertz CT molecular complexity index is 826. The van der Waals surface area contributed by atoms with E-state index in [4.69, 9.17) is 34.2 Å². The number of methoxy groups -OCH3 is 1. The normalized spacial score (nSPS) is 38.3.